The van der Waals surface area contributed by atoms with E-state index in [0.29, 0.717) is 0 Å². The summed E-state index contributed by atoms with van der Waals surface area (Å²) < 4.78 is 9.64. The quantitative estimate of drug-likeness (QED) is 0.548. The molecule has 0 heterocycles. The van der Waals surface area contributed by atoms with Crippen LogP contribution in [0.4, 0.5) is 5.69 Å². The van der Waals surface area contributed by atoms with E-state index < -0.39 is 4.92 Å². The second-order valence-electron chi connectivity index (χ2n) is 2.55. The summed E-state index contributed by atoms with van der Waals surface area (Å²) in [7, 11) is 2.59. The van der Waals surface area contributed by atoms with Gasteiger partial charge in [-0.1, -0.05) is 0 Å². The number of nitrogens with zero attached hydrogens (tertiary/aromatic N) is 1. The molecule has 1 aromatic rings. The van der Waals surface area contributed by atoms with Gasteiger partial charge in [0.2, 0.25) is 12.0 Å². The Morgan fingerprint density at radius 3 is 2.40 bits per heavy atom. The molecule has 0 amide bonds. The largest absolute Gasteiger partial charge is 0.496 e. The second-order valence-corrected chi connectivity index (χ2v) is 2.55. The monoisotopic (exact) mass is 210 g/mol. The molecule has 0 bridgehead atoms. The molecule has 0 saturated heterocycles. The Balaban J connectivity index is 3.47. The second kappa shape index (κ2) is 4.41. The zero-order valence-electron chi connectivity index (χ0n) is 8.14. The van der Waals surface area contributed by atoms with E-state index in [4.69, 9.17) is 9.47 Å². The lowest BCUT2D eigenvalue weighted by Gasteiger charge is -2.07. The van der Waals surface area contributed by atoms with E-state index in [0.717, 1.165) is 0 Å². The maximum Gasteiger partial charge on any atom is 0.311 e. The van der Waals surface area contributed by atoms with Crippen LogP contribution >= 0.6 is 0 Å². The van der Waals surface area contributed by atoms with Gasteiger partial charge in [-0.15, -0.1) is 0 Å². The highest BCUT2D eigenvalue weighted by Crippen LogP contribution is 2.35. The van der Waals surface area contributed by atoms with Crippen LogP contribution in [0.2, 0.25) is 0 Å². The van der Waals surface area contributed by atoms with Gasteiger partial charge in [0, 0.05) is 6.07 Å². The molecule has 1 rings (SSSR count). The summed E-state index contributed by atoms with van der Waals surface area (Å²) in [4.78, 5) is 20.6. The molecule has 0 atom stereocenters. The summed E-state index contributed by atoms with van der Waals surface area (Å²) >= 11 is 0. The van der Waals surface area contributed by atoms with Crippen LogP contribution in [0.5, 0.6) is 11.5 Å². The first-order valence-corrected chi connectivity index (χ1v) is 3.93. The summed E-state index contributed by atoms with van der Waals surface area (Å²) in [6.45, 7) is 0. The van der Waals surface area contributed by atoms with Gasteiger partial charge in [-0.3, -0.25) is 14.9 Å². The predicted molar refractivity (Wildman–Crippen MR) is 51.0 cm³/mol. The number of rotatable bonds is 4. The number of carbonyl (C=O) groups excluding carboxylic acids is 1. The highest BCUT2D eigenvalue weighted by Gasteiger charge is 2.22. The van der Waals surface area contributed by atoms with Crippen LogP contribution in [0.3, 0.4) is 0 Å². The Morgan fingerprint density at radius 1 is 1.33 bits per heavy atom. The van der Waals surface area contributed by atoms with Gasteiger partial charge < -0.3 is 9.47 Å². The van der Waals surface area contributed by atoms with Gasteiger partial charge >= 0.3 is 5.69 Å². The van der Waals surface area contributed by atoms with Crippen molar-refractivity contribution in [3.05, 3.63) is 27.8 Å². The third-order valence-corrected chi connectivity index (χ3v) is 1.82. The molecule has 15 heavy (non-hydrogen) atoms. The van der Waals surface area contributed by atoms with Gasteiger partial charge in [0.25, 0.3) is 0 Å². The van der Waals surface area contributed by atoms with E-state index in [1.807, 2.05) is 0 Å². The van der Waals surface area contributed by atoms with Crippen molar-refractivity contribution in [3.8, 4) is 11.5 Å². The van der Waals surface area contributed by atoms with E-state index in [2.05, 4.69) is 0 Å². The molecule has 1 radical (unpaired) electrons. The first-order chi connectivity index (χ1) is 7.15. The Hall–Kier alpha value is -2.11. The van der Waals surface area contributed by atoms with Crippen LogP contribution in [0.1, 0.15) is 5.56 Å². The average molecular weight is 210 g/mol. The molecule has 0 saturated carbocycles. The van der Waals surface area contributed by atoms with Gasteiger partial charge in [0.05, 0.1) is 19.1 Å². The van der Waals surface area contributed by atoms with Crippen LogP contribution in [0.15, 0.2) is 12.1 Å². The SMILES string of the molecule is COc1ccc([N+](=O)[O-])c(OC)c1[C]=O. The fourth-order valence-electron chi connectivity index (χ4n) is 1.17. The number of ether oxygens (including phenoxy) is 2. The van der Waals surface area contributed by atoms with Crippen LogP contribution in [-0.4, -0.2) is 25.4 Å². The van der Waals surface area contributed by atoms with Crippen molar-refractivity contribution < 1.29 is 19.2 Å². The third kappa shape index (κ3) is 1.88. The van der Waals surface area contributed by atoms with Gasteiger partial charge in [-0.2, -0.15) is 0 Å². The van der Waals surface area contributed by atoms with Crippen molar-refractivity contribution in [3.63, 3.8) is 0 Å². The molecule has 0 aliphatic rings. The average Bonchev–Trinajstić information content (AvgIpc) is 2.26. The Labute approximate surface area is 85.6 Å². The minimum atomic E-state index is -0.640. The smallest absolute Gasteiger partial charge is 0.311 e. The van der Waals surface area contributed by atoms with Crippen molar-refractivity contribution in [1.29, 1.82) is 0 Å². The molecule has 0 unspecified atom stereocenters. The topological polar surface area (TPSA) is 78.7 Å². The van der Waals surface area contributed by atoms with E-state index in [9.17, 15) is 14.9 Å². The summed E-state index contributed by atoms with van der Waals surface area (Å²) in [5, 5.41) is 10.6. The zero-order valence-corrected chi connectivity index (χ0v) is 8.14. The van der Waals surface area contributed by atoms with E-state index in [1.54, 1.807) is 6.29 Å². The van der Waals surface area contributed by atoms with Crippen molar-refractivity contribution in [1.82, 2.24) is 0 Å². The highest BCUT2D eigenvalue weighted by molar-refractivity contribution is 5.86. The molecule has 0 aliphatic carbocycles. The van der Waals surface area contributed by atoms with Gasteiger partial charge in [0.15, 0.2) is 0 Å². The number of hydrogen-bond acceptors (Lipinski definition) is 5. The molecule has 0 aliphatic heterocycles. The van der Waals surface area contributed by atoms with Crippen LogP contribution < -0.4 is 9.47 Å². The number of nitro groups is 1. The number of nitro benzene ring substituents is 1. The maximum absolute atomic E-state index is 10.6. The Bertz CT molecular complexity index is 402. The van der Waals surface area contributed by atoms with E-state index in [1.165, 1.54) is 26.4 Å². The van der Waals surface area contributed by atoms with Crippen molar-refractivity contribution in [2.75, 3.05) is 14.2 Å². The minimum absolute atomic E-state index is 0.0887. The summed E-state index contributed by atoms with van der Waals surface area (Å²) in [6, 6.07) is 2.53. The third-order valence-electron chi connectivity index (χ3n) is 1.82. The van der Waals surface area contributed by atoms with Crippen molar-refractivity contribution >= 4 is 12.0 Å². The van der Waals surface area contributed by atoms with Crippen LogP contribution in [0.25, 0.3) is 0 Å². The van der Waals surface area contributed by atoms with Crippen molar-refractivity contribution in [2.45, 2.75) is 0 Å². The summed E-state index contributed by atoms with van der Waals surface area (Å²) in [5.41, 5.74) is -0.383. The first kappa shape index (κ1) is 11.0. The standard InChI is InChI=1S/C9H8NO5/c1-14-8-4-3-7(10(12)13)9(15-2)6(8)5-11/h3-4H,1-2H3. The normalized spacial score (nSPS) is 9.47. The fourth-order valence-corrected chi connectivity index (χ4v) is 1.17. The molecule has 0 spiro atoms. The minimum Gasteiger partial charge on any atom is -0.496 e. The molecular weight excluding hydrogens is 202 g/mol. The van der Waals surface area contributed by atoms with Gasteiger partial charge in [-0.25, -0.2) is 0 Å². The Morgan fingerprint density at radius 2 is 2.00 bits per heavy atom. The number of benzene rings is 1. The molecule has 0 N–H and O–H groups in total. The summed E-state index contributed by atoms with van der Waals surface area (Å²) in [5.74, 6) is 0.0433. The van der Waals surface area contributed by atoms with Gasteiger partial charge in [-0.05, 0) is 6.07 Å². The molecule has 0 aromatic heterocycles. The van der Waals surface area contributed by atoms with E-state index >= 15 is 0 Å². The molecule has 1 aromatic carbocycles. The number of hydrogen-bond donors (Lipinski definition) is 0. The lowest BCUT2D eigenvalue weighted by molar-refractivity contribution is -0.385. The maximum atomic E-state index is 10.6. The number of methoxy groups -OCH3 is 2. The first-order valence-electron chi connectivity index (χ1n) is 3.93. The molecule has 0 fully saturated rings. The zero-order chi connectivity index (χ0) is 11.4. The molecule has 6 nitrogen and oxygen atoms in total. The lowest BCUT2D eigenvalue weighted by atomic mass is 10.1. The lowest BCUT2D eigenvalue weighted by Crippen LogP contribution is -2.00. The molecule has 79 valence electrons. The van der Waals surface area contributed by atoms with Crippen LogP contribution in [0, 0.1) is 10.1 Å². The van der Waals surface area contributed by atoms with E-state index in [-0.39, 0.29) is 22.7 Å². The van der Waals surface area contributed by atoms with Crippen molar-refractivity contribution in [2.24, 2.45) is 0 Å². The molecular formula is C9H8NO5. The predicted octanol–water partition coefficient (Wildman–Crippen LogP) is 1.07. The van der Waals surface area contributed by atoms with Crippen LogP contribution in [-0.2, 0) is 4.79 Å². The highest BCUT2D eigenvalue weighted by atomic mass is 16.6. The van der Waals surface area contributed by atoms with Gasteiger partial charge in [0.1, 0.15) is 11.3 Å². The Kier molecular flexibility index (Phi) is 3.22. The fraction of sp³-hybridized carbons (Fsp3) is 0.222. The molecule has 6 heteroatoms. The summed E-state index contributed by atoms with van der Waals surface area (Å²) in [6.07, 6.45) is 1.56.